The maximum atomic E-state index is 4.67. The molecule has 2 atom stereocenters. The molecule has 20 heavy (non-hydrogen) atoms. The van der Waals surface area contributed by atoms with E-state index in [2.05, 4.69) is 47.0 Å². The molecule has 2 bridgehead atoms. The fourth-order valence-corrected chi connectivity index (χ4v) is 3.86. The molecule has 0 aliphatic carbocycles. The highest BCUT2D eigenvalue weighted by Crippen LogP contribution is 2.29. The third-order valence-electron chi connectivity index (χ3n) is 5.06. The van der Waals surface area contributed by atoms with Crippen LogP contribution in [0.25, 0.3) is 0 Å². The summed E-state index contributed by atoms with van der Waals surface area (Å²) in [7, 11) is 2.29. The lowest BCUT2D eigenvalue weighted by atomic mass is 9.98. The Bertz CT molecular complexity index is 441. The molecule has 1 aromatic heterocycles. The van der Waals surface area contributed by atoms with Gasteiger partial charge in [0.25, 0.3) is 0 Å². The van der Waals surface area contributed by atoms with Gasteiger partial charge in [0, 0.05) is 31.2 Å². The van der Waals surface area contributed by atoms with Gasteiger partial charge in [-0.1, -0.05) is 6.92 Å². The Hall–Kier alpha value is -0.870. The summed E-state index contributed by atoms with van der Waals surface area (Å²) in [6, 6.07) is 4.56. The molecule has 2 aliphatic rings. The van der Waals surface area contributed by atoms with Crippen LogP contribution >= 0.6 is 0 Å². The van der Waals surface area contributed by atoms with E-state index < -0.39 is 0 Å². The smallest absolute Gasteiger partial charge is 0.0625 e. The molecular formula is C16H28N4. The number of aryl methyl sites for hydroxylation is 2. The van der Waals surface area contributed by atoms with Gasteiger partial charge < -0.3 is 5.32 Å². The van der Waals surface area contributed by atoms with Gasteiger partial charge in [0.15, 0.2) is 0 Å². The monoisotopic (exact) mass is 276 g/mol. The Morgan fingerprint density at radius 1 is 1.30 bits per heavy atom. The van der Waals surface area contributed by atoms with E-state index in [-0.39, 0.29) is 0 Å². The Kier molecular flexibility index (Phi) is 4.13. The van der Waals surface area contributed by atoms with Crippen molar-refractivity contribution in [2.45, 2.75) is 77.2 Å². The zero-order valence-electron chi connectivity index (χ0n) is 13.1. The molecule has 3 rings (SSSR count). The summed E-state index contributed by atoms with van der Waals surface area (Å²) < 4.78 is 2.17. The van der Waals surface area contributed by atoms with Crippen molar-refractivity contribution < 1.29 is 0 Å². The minimum atomic E-state index is 0.735. The first kappa shape index (κ1) is 14.1. The van der Waals surface area contributed by atoms with Gasteiger partial charge in [-0.05, 0) is 52.1 Å². The molecule has 2 aliphatic heterocycles. The molecule has 0 radical (unpaired) electrons. The van der Waals surface area contributed by atoms with E-state index in [0.717, 1.165) is 37.6 Å². The highest BCUT2D eigenvalue weighted by molar-refractivity contribution is 5.11. The van der Waals surface area contributed by atoms with Crippen molar-refractivity contribution in [1.82, 2.24) is 20.0 Å². The Morgan fingerprint density at radius 2 is 2.00 bits per heavy atom. The molecule has 3 heterocycles. The minimum absolute atomic E-state index is 0.735. The molecule has 0 aromatic carbocycles. The summed E-state index contributed by atoms with van der Waals surface area (Å²) in [5.41, 5.74) is 2.60. The van der Waals surface area contributed by atoms with Crippen molar-refractivity contribution in [3.63, 3.8) is 0 Å². The van der Waals surface area contributed by atoms with Crippen LogP contribution in [-0.4, -0.2) is 39.9 Å². The number of aromatic nitrogens is 2. The zero-order valence-corrected chi connectivity index (χ0v) is 13.1. The topological polar surface area (TPSA) is 33.1 Å². The number of nitrogens with one attached hydrogen (secondary N) is 1. The third-order valence-corrected chi connectivity index (χ3v) is 5.06. The average Bonchev–Trinajstić information content (AvgIpc) is 3.01. The van der Waals surface area contributed by atoms with Crippen LogP contribution in [-0.2, 0) is 19.5 Å². The average molecular weight is 276 g/mol. The molecule has 4 heteroatoms. The summed E-state index contributed by atoms with van der Waals surface area (Å²) in [4.78, 5) is 2.55. The van der Waals surface area contributed by atoms with Gasteiger partial charge in [-0.2, -0.15) is 5.10 Å². The number of nitrogens with zero attached hydrogens (tertiary/aromatic N) is 3. The molecular weight excluding hydrogens is 248 g/mol. The molecule has 0 saturated carbocycles. The maximum Gasteiger partial charge on any atom is 0.0625 e. The Balaban J connectivity index is 1.66. The zero-order chi connectivity index (χ0) is 14.1. The second-order valence-corrected chi connectivity index (χ2v) is 6.47. The van der Waals surface area contributed by atoms with Crippen LogP contribution in [0.4, 0.5) is 0 Å². The van der Waals surface area contributed by atoms with Crippen LogP contribution in [0.2, 0.25) is 0 Å². The second kappa shape index (κ2) is 5.86. The predicted molar refractivity (Wildman–Crippen MR) is 81.7 cm³/mol. The number of piperidine rings is 1. The van der Waals surface area contributed by atoms with Crippen molar-refractivity contribution in [2.75, 3.05) is 7.05 Å². The molecule has 2 saturated heterocycles. The lowest BCUT2D eigenvalue weighted by Crippen LogP contribution is -2.46. The van der Waals surface area contributed by atoms with Gasteiger partial charge in [-0.3, -0.25) is 9.58 Å². The highest BCUT2D eigenvalue weighted by atomic mass is 15.3. The van der Waals surface area contributed by atoms with E-state index >= 15 is 0 Å². The van der Waals surface area contributed by atoms with E-state index in [1.54, 1.807) is 0 Å². The molecule has 112 valence electrons. The van der Waals surface area contributed by atoms with E-state index in [1.807, 2.05) is 0 Å². The number of hydrogen-bond donors (Lipinski definition) is 1. The number of rotatable bonds is 5. The van der Waals surface area contributed by atoms with E-state index in [1.165, 1.54) is 37.1 Å². The number of hydrogen-bond acceptors (Lipinski definition) is 3. The fourth-order valence-electron chi connectivity index (χ4n) is 3.86. The molecule has 2 fully saturated rings. The molecule has 0 spiro atoms. The molecule has 0 amide bonds. The maximum absolute atomic E-state index is 4.67. The van der Waals surface area contributed by atoms with Crippen LogP contribution in [0.15, 0.2) is 6.07 Å². The van der Waals surface area contributed by atoms with Crippen molar-refractivity contribution in [3.05, 3.63) is 17.5 Å². The van der Waals surface area contributed by atoms with Crippen LogP contribution in [0.1, 0.15) is 50.9 Å². The first-order valence-electron chi connectivity index (χ1n) is 8.21. The Morgan fingerprint density at radius 3 is 2.60 bits per heavy atom. The van der Waals surface area contributed by atoms with E-state index in [0.29, 0.717) is 0 Å². The third kappa shape index (κ3) is 2.77. The summed E-state index contributed by atoms with van der Waals surface area (Å²) in [6.45, 7) is 6.37. The van der Waals surface area contributed by atoms with Gasteiger partial charge in [-0.15, -0.1) is 0 Å². The number of fused-ring (bicyclic) bond motifs is 2. The SMILES string of the molecule is CCc1cc(CN(C)C2CC3CCC(C2)N3)n(CC)n1. The predicted octanol–water partition coefficient (Wildman–Crippen LogP) is 2.18. The second-order valence-electron chi connectivity index (χ2n) is 6.47. The van der Waals surface area contributed by atoms with Crippen LogP contribution < -0.4 is 5.32 Å². The van der Waals surface area contributed by atoms with Gasteiger partial charge in [0.05, 0.1) is 11.4 Å². The highest BCUT2D eigenvalue weighted by Gasteiger charge is 2.35. The lowest BCUT2D eigenvalue weighted by Gasteiger charge is -2.35. The largest absolute Gasteiger partial charge is 0.311 e. The minimum Gasteiger partial charge on any atom is -0.311 e. The van der Waals surface area contributed by atoms with Crippen molar-refractivity contribution in [2.24, 2.45) is 0 Å². The summed E-state index contributed by atoms with van der Waals surface area (Å²) in [6.07, 6.45) is 6.41. The first-order chi connectivity index (χ1) is 9.69. The molecule has 2 unspecified atom stereocenters. The summed E-state index contributed by atoms with van der Waals surface area (Å²) >= 11 is 0. The van der Waals surface area contributed by atoms with E-state index in [4.69, 9.17) is 0 Å². The van der Waals surface area contributed by atoms with Crippen molar-refractivity contribution in [1.29, 1.82) is 0 Å². The summed E-state index contributed by atoms with van der Waals surface area (Å²) in [5.74, 6) is 0. The summed E-state index contributed by atoms with van der Waals surface area (Å²) in [5, 5.41) is 8.40. The van der Waals surface area contributed by atoms with E-state index in [9.17, 15) is 0 Å². The molecule has 1 N–H and O–H groups in total. The van der Waals surface area contributed by atoms with Crippen molar-refractivity contribution >= 4 is 0 Å². The van der Waals surface area contributed by atoms with Gasteiger partial charge in [-0.25, -0.2) is 0 Å². The van der Waals surface area contributed by atoms with Gasteiger partial charge in [0.2, 0.25) is 0 Å². The van der Waals surface area contributed by atoms with Crippen molar-refractivity contribution in [3.8, 4) is 0 Å². The quantitative estimate of drug-likeness (QED) is 0.895. The van der Waals surface area contributed by atoms with Gasteiger partial charge in [0.1, 0.15) is 0 Å². The van der Waals surface area contributed by atoms with Crippen LogP contribution in [0, 0.1) is 0 Å². The standard InChI is InChI=1S/C16H28N4/c1-4-12-8-16(20(5-2)18-12)11-19(3)15-9-13-6-7-14(10-15)17-13/h8,13-15,17H,4-7,9-11H2,1-3H3. The fraction of sp³-hybridized carbons (Fsp3) is 0.812. The molecule has 4 nitrogen and oxygen atoms in total. The first-order valence-corrected chi connectivity index (χ1v) is 8.21. The normalized spacial score (nSPS) is 29.3. The van der Waals surface area contributed by atoms with Crippen LogP contribution in [0.5, 0.6) is 0 Å². The van der Waals surface area contributed by atoms with Crippen LogP contribution in [0.3, 0.4) is 0 Å². The van der Waals surface area contributed by atoms with Gasteiger partial charge >= 0.3 is 0 Å². The molecule has 1 aromatic rings. The Labute approximate surface area is 122 Å². The lowest BCUT2D eigenvalue weighted by molar-refractivity contribution is 0.162.